The highest BCUT2D eigenvalue weighted by atomic mass is 19.1. The highest BCUT2D eigenvalue weighted by Crippen LogP contribution is 2.39. The topological polar surface area (TPSA) is 33.2 Å². The first-order chi connectivity index (χ1) is 9.74. The molecular weight excluding hydrogens is 255 g/mol. The lowest BCUT2D eigenvalue weighted by Gasteiger charge is -2.42. The third-order valence-corrected chi connectivity index (χ3v) is 4.83. The Labute approximate surface area is 119 Å². The van der Waals surface area contributed by atoms with E-state index in [0.29, 0.717) is 0 Å². The van der Waals surface area contributed by atoms with Crippen LogP contribution in [0.1, 0.15) is 55.3 Å². The standard InChI is InChI=1S/C16H21FN2O/c17-14-12-18-9-6-13(14)15(20)16(7-2-3-8-16)19-10-4-1-5-11-19/h6,9,12H,1-5,7-8,10-11H2. The molecule has 0 atom stereocenters. The van der Waals surface area contributed by atoms with Gasteiger partial charge in [0.05, 0.1) is 17.3 Å². The van der Waals surface area contributed by atoms with Gasteiger partial charge < -0.3 is 0 Å². The molecule has 1 saturated carbocycles. The number of likely N-dealkylation sites (tertiary alicyclic amines) is 1. The lowest BCUT2D eigenvalue weighted by molar-refractivity contribution is 0.0473. The van der Waals surface area contributed by atoms with Crippen LogP contribution in [0.4, 0.5) is 4.39 Å². The van der Waals surface area contributed by atoms with Crippen LogP contribution in [-0.2, 0) is 0 Å². The molecular formula is C16H21FN2O. The van der Waals surface area contributed by atoms with Crippen molar-refractivity contribution in [2.24, 2.45) is 0 Å². The summed E-state index contributed by atoms with van der Waals surface area (Å²) in [5.74, 6) is -0.516. The highest BCUT2D eigenvalue weighted by Gasteiger charge is 2.46. The molecule has 0 N–H and O–H groups in total. The molecule has 108 valence electrons. The van der Waals surface area contributed by atoms with Crippen molar-refractivity contribution in [3.63, 3.8) is 0 Å². The minimum atomic E-state index is -0.485. The minimum absolute atomic E-state index is 0.0307. The molecule has 1 saturated heterocycles. The van der Waals surface area contributed by atoms with Gasteiger partial charge in [-0.2, -0.15) is 0 Å². The average Bonchev–Trinajstić information content (AvgIpc) is 2.99. The van der Waals surface area contributed by atoms with E-state index in [9.17, 15) is 9.18 Å². The molecule has 1 aliphatic carbocycles. The van der Waals surface area contributed by atoms with Crippen LogP contribution in [0.25, 0.3) is 0 Å². The molecule has 0 amide bonds. The lowest BCUT2D eigenvalue weighted by atomic mass is 9.84. The van der Waals surface area contributed by atoms with E-state index in [-0.39, 0.29) is 11.3 Å². The Morgan fingerprint density at radius 2 is 1.85 bits per heavy atom. The quantitative estimate of drug-likeness (QED) is 0.795. The van der Waals surface area contributed by atoms with E-state index in [2.05, 4.69) is 9.88 Å². The van der Waals surface area contributed by atoms with Gasteiger partial charge in [-0.1, -0.05) is 19.3 Å². The fourth-order valence-corrected chi connectivity index (χ4v) is 3.78. The molecule has 3 rings (SSSR count). The summed E-state index contributed by atoms with van der Waals surface area (Å²) in [4.78, 5) is 19.1. The summed E-state index contributed by atoms with van der Waals surface area (Å²) in [6, 6.07) is 1.53. The van der Waals surface area contributed by atoms with Gasteiger partial charge in [0.1, 0.15) is 0 Å². The first-order valence-electron chi connectivity index (χ1n) is 7.63. The third-order valence-electron chi connectivity index (χ3n) is 4.83. The summed E-state index contributed by atoms with van der Waals surface area (Å²) in [6.45, 7) is 1.94. The second-order valence-electron chi connectivity index (χ2n) is 5.97. The summed E-state index contributed by atoms with van der Waals surface area (Å²) in [6.07, 6.45) is 10.1. The van der Waals surface area contributed by atoms with Gasteiger partial charge in [-0.25, -0.2) is 4.39 Å². The van der Waals surface area contributed by atoms with Gasteiger partial charge in [-0.15, -0.1) is 0 Å². The molecule has 0 bridgehead atoms. The number of hydrogen-bond acceptors (Lipinski definition) is 3. The maximum Gasteiger partial charge on any atom is 0.186 e. The van der Waals surface area contributed by atoms with E-state index in [1.54, 1.807) is 0 Å². The Hall–Kier alpha value is -1.29. The second kappa shape index (κ2) is 5.60. The van der Waals surface area contributed by atoms with Crippen LogP contribution in [0.2, 0.25) is 0 Å². The highest BCUT2D eigenvalue weighted by molar-refractivity contribution is 6.03. The molecule has 1 aromatic heterocycles. The van der Waals surface area contributed by atoms with Crippen LogP contribution in [-0.4, -0.2) is 34.3 Å². The van der Waals surface area contributed by atoms with Crippen LogP contribution < -0.4 is 0 Å². The van der Waals surface area contributed by atoms with Gasteiger partial charge in [0.15, 0.2) is 11.6 Å². The molecule has 2 aliphatic rings. The molecule has 2 fully saturated rings. The zero-order valence-corrected chi connectivity index (χ0v) is 11.8. The molecule has 0 radical (unpaired) electrons. The fraction of sp³-hybridized carbons (Fsp3) is 0.625. The van der Waals surface area contributed by atoms with E-state index in [0.717, 1.165) is 57.8 Å². The van der Waals surface area contributed by atoms with Crippen LogP contribution in [0.5, 0.6) is 0 Å². The van der Waals surface area contributed by atoms with Gasteiger partial charge >= 0.3 is 0 Å². The maximum atomic E-state index is 13.9. The number of Topliss-reactive ketones (excluding diaryl/α,β-unsaturated/α-hetero) is 1. The van der Waals surface area contributed by atoms with Crippen molar-refractivity contribution in [2.45, 2.75) is 50.5 Å². The molecule has 4 heteroatoms. The Kier molecular flexibility index (Phi) is 3.83. The van der Waals surface area contributed by atoms with Crippen molar-refractivity contribution >= 4 is 5.78 Å². The normalized spacial score (nSPS) is 22.9. The number of pyridine rings is 1. The molecule has 0 spiro atoms. The Bertz CT molecular complexity index is 491. The first kappa shape index (κ1) is 13.7. The molecule has 1 aromatic rings. The van der Waals surface area contributed by atoms with Crippen LogP contribution in [0.15, 0.2) is 18.5 Å². The maximum absolute atomic E-state index is 13.9. The SMILES string of the molecule is O=C(c1ccncc1F)C1(N2CCCCC2)CCCC1. The number of nitrogens with zero attached hydrogens (tertiary/aromatic N) is 2. The van der Waals surface area contributed by atoms with Crippen molar-refractivity contribution in [3.8, 4) is 0 Å². The Balaban J connectivity index is 1.94. The average molecular weight is 276 g/mol. The minimum Gasteiger partial charge on any atom is -0.292 e. The van der Waals surface area contributed by atoms with Gasteiger partial charge in [0.25, 0.3) is 0 Å². The Morgan fingerprint density at radius 3 is 2.50 bits per heavy atom. The summed E-state index contributed by atoms with van der Waals surface area (Å²) in [5.41, 5.74) is -0.240. The van der Waals surface area contributed by atoms with E-state index >= 15 is 0 Å². The molecule has 3 nitrogen and oxygen atoms in total. The van der Waals surface area contributed by atoms with Crippen LogP contribution in [0, 0.1) is 5.82 Å². The Morgan fingerprint density at radius 1 is 1.15 bits per heavy atom. The van der Waals surface area contributed by atoms with Crippen molar-refractivity contribution in [3.05, 3.63) is 29.8 Å². The van der Waals surface area contributed by atoms with Crippen molar-refractivity contribution in [1.29, 1.82) is 0 Å². The lowest BCUT2D eigenvalue weighted by Crippen LogP contribution is -2.54. The summed E-state index contributed by atoms with van der Waals surface area (Å²) >= 11 is 0. The van der Waals surface area contributed by atoms with E-state index < -0.39 is 11.4 Å². The van der Waals surface area contributed by atoms with Gasteiger partial charge in [0, 0.05) is 6.20 Å². The third kappa shape index (κ3) is 2.26. The largest absolute Gasteiger partial charge is 0.292 e. The number of hydrogen-bond donors (Lipinski definition) is 0. The summed E-state index contributed by atoms with van der Waals surface area (Å²) < 4.78 is 13.9. The van der Waals surface area contributed by atoms with Crippen LogP contribution in [0.3, 0.4) is 0 Å². The predicted octanol–water partition coefficient (Wildman–Crippen LogP) is 3.20. The zero-order chi connectivity index (χ0) is 14.0. The zero-order valence-electron chi connectivity index (χ0n) is 11.8. The van der Waals surface area contributed by atoms with Crippen molar-refractivity contribution < 1.29 is 9.18 Å². The number of aromatic nitrogens is 1. The molecule has 2 heterocycles. The van der Waals surface area contributed by atoms with Crippen molar-refractivity contribution in [2.75, 3.05) is 13.1 Å². The van der Waals surface area contributed by atoms with E-state index in [1.165, 1.54) is 18.7 Å². The van der Waals surface area contributed by atoms with Gasteiger partial charge in [0.2, 0.25) is 0 Å². The monoisotopic (exact) mass is 276 g/mol. The van der Waals surface area contributed by atoms with Crippen LogP contribution >= 0.6 is 0 Å². The molecule has 0 unspecified atom stereocenters. The fourth-order valence-electron chi connectivity index (χ4n) is 3.78. The second-order valence-corrected chi connectivity index (χ2v) is 5.97. The number of halogens is 1. The predicted molar refractivity (Wildman–Crippen MR) is 75.1 cm³/mol. The van der Waals surface area contributed by atoms with Gasteiger partial charge in [-0.3, -0.25) is 14.7 Å². The van der Waals surface area contributed by atoms with Crippen molar-refractivity contribution in [1.82, 2.24) is 9.88 Å². The van der Waals surface area contributed by atoms with E-state index in [4.69, 9.17) is 0 Å². The number of rotatable bonds is 3. The number of carbonyl (C=O) groups is 1. The molecule has 1 aliphatic heterocycles. The summed E-state index contributed by atoms with van der Waals surface area (Å²) in [7, 11) is 0. The number of ketones is 1. The number of piperidine rings is 1. The van der Waals surface area contributed by atoms with Gasteiger partial charge in [-0.05, 0) is 44.8 Å². The molecule has 20 heavy (non-hydrogen) atoms. The first-order valence-corrected chi connectivity index (χ1v) is 7.63. The molecule has 0 aromatic carbocycles. The number of carbonyl (C=O) groups excluding carboxylic acids is 1. The summed E-state index contributed by atoms with van der Waals surface area (Å²) in [5, 5.41) is 0. The smallest absolute Gasteiger partial charge is 0.186 e. The van der Waals surface area contributed by atoms with E-state index in [1.807, 2.05) is 0 Å².